The molecule has 27 heavy (non-hydrogen) atoms. The van der Waals surface area contributed by atoms with Gasteiger partial charge in [0.2, 0.25) is 5.78 Å². The molecule has 0 aliphatic carbocycles. The summed E-state index contributed by atoms with van der Waals surface area (Å²) in [5.41, 5.74) is 0.507. The van der Waals surface area contributed by atoms with Crippen LogP contribution in [0, 0.1) is 5.82 Å². The molecule has 0 amide bonds. The van der Waals surface area contributed by atoms with E-state index in [1.807, 2.05) is 0 Å². The Morgan fingerprint density at radius 2 is 2.00 bits per heavy atom. The predicted octanol–water partition coefficient (Wildman–Crippen LogP) is 1.90. The molecular formula is C17H13FN4O4S. The Morgan fingerprint density at radius 3 is 2.78 bits per heavy atom. The minimum atomic E-state index is -0.609. The summed E-state index contributed by atoms with van der Waals surface area (Å²) in [6.07, 6.45) is 0. The largest absolute Gasteiger partial charge is 0.482 e. The predicted molar refractivity (Wildman–Crippen MR) is 95.3 cm³/mol. The van der Waals surface area contributed by atoms with Crippen molar-refractivity contribution >= 4 is 33.3 Å². The van der Waals surface area contributed by atoms with E-state index in [0.29, 0.717) is 27.6 Å². The lowest BCUT2D eigenvalue weighted by Crippen LogP contribution is -2.20. The van der Waals surface area contributed by atoms with E-state index in [4.69, 9.17) is 9.47 Å². The molecule has 8 nitrogen and oxygen atoms in total. The molecule has 0 saturated carbocycles. The number of aryl methyl sites for hydroxylation is 1. The van der Waals surface area contributed by atoms with Gasteiger partial charge in [-0.05, 0) is 35.7 Å². The highest BCUT2D eigenvalue weighted by atomic mass is 32.1. The Hall–Kier alpha value is -3.27. The summed E-state index contributed by atoms with van der Waals surface area (Å²) in [6, 6.07) is 7.10. The number of hydrogen-bond acceptors (Lipinski definition) is 7. The average molecular weight is 388 g/mol. The molecule has 1 aromatic carbocycles. The fourth-order valence-electron chi connectivity index (χ4n) is 2.61. The fourth-order valence-corrected chi connectivity index (χ4v) is 3.46. The third-order valence-electron chi connectivity index (χ3n) is 3.93. The van der Waals surface area contributed by atoms with Gasteiger partial charge in [-0.1, -0.05) is 0 Å². The van der Waals surface area contributed by atoms with Gasteiger partial charge in [0.05, 0.1) is 5.52 Å². The van der Waals surface area contributed by atoms with Crippen LogP contribution in [0.4, 0.5) is 4.39 Å². The molecule has 4 rings (SSSR count). The Kier molecular flexibility index (Phi) is 4.32. The standard InChI is InChI=1S/C17H13FN4O4S/c1-21-16(24)15-12(6-7-27-15)22-13(19-20-17(21)22)8-26-14(23)9-25-11-4-2-10(18)3-5-11/h2-7H,8-9H2,1H3. The maximum absolute atomic E-state index is 12.8. The summed E-state index contributed by atoms with van der Waals surface area (Å²) >= 11 is 1.32. The highest BCUT2D eigenvalue weighted by Gasteiger charge is 2.16. The average Bonchev–Trinajstić information content (AvgIpc) is 3.30. The molecule has 0 aliphatic heterocycles. The molecule has 3 heterocycles. The molecular weight excluding hydrogens is 375 g/mol. The zero-order valence-corrected chi connectivity index (χ0v) is 14.9. The summed E-state index contributed by atoms with van der Waals surface area (Å²) in [5.74, 6) is 0.107. The van der Waals surface area contributed by atoms with Crippen molar-refractivity contribution in [2.75, 3.05) is 6.61 Å². The van der Waals surface area contributed by atoms with Crippen LogP contribution in [0.25, 0.3) is 16.0 Å². The zero-order valence-electron chi connectivity index (χ0n) is 14.1. The van der Waals surface area contributed by atoms with Crippen LogP contribution in [0.1, 0.15) is 5.82 Å². The number of benzene rings is 1. The van der Waals surface area contributed by atoms with Crippen LogP contribution in [0.3, 0.4) is 0 Å². The van der Waals surface area contributed by atoms with Gasteiger partial charge in [-0.25, -0.2) is 9.18 Å². The van der Waals surface area contributed by atoms with Crippen LogP contribution in [0.5, 0.6) is 5.75 Å². The second kappa shape index (κ2) is 6.80. The van der Waals surface area contributed by atoms with Crippen LogP contribution < -0.4 is 10.3 Å². The lowest BCUT2D eigenvalue weighted by Gasteiger charge is -2.07. The van der Waals surface area contributed by atoms with Crippen LogP contribution in [0.15, 0.2) is 40.5 Å². The molecule has 0 radical (unpaired) electrons. The first-order valence-electron chi connectivity index (χ1n) is 7.89. The van der Waals surface area contributed by atoms with Crippen molar-refractivity contribution in [1.82, 2.24) is 19.2 Å². The SMILES string of the molecule is Cn1c(=O)c2sccc2n2c(COC(=O)COc3ccc(F)cc3)nnc12. The molecule has 138 valence electrons. The van der Waals surface area contributed by atoms with Gasteiger partial charge in [-0.2, -0.15) is 0 Å². The van der Waals surface area contributed by atoms with E-state index in [1.54, 1.807) is 22.9 Å². The van der Waals surface area contributed by atoms with Gasteiger partial charge in [-0.15, -0.1) is 21.5 Å². The molecule has 10 heteroatoms. The van der Waals surface area contributed by atoms with E-state index in [9.17, 15) is 14.0 Å². The number of esters is 1. The normalized spacial score (nSPS) is 11.2. The van der Waals surface area contributed by atoms with Crippen molar-refractivity contribution < 1.29 is 18.7 Å². The Morgan fingerprint density at radius 1 is 1.22 bits per heavy atom. The number of ether oxygens (including phenoxy) is 2. The van der Waals surface area contributed by atoms with E-state index in [1.165, 1.54) is 40.2 Å². The number of hydrogen-bond donors (Lipinski definition) is 0. The van der Waals surface area contributed by atoms with Crippen molar-refractivity contribution in [1.29, 1.82) is 0 Å². The maximum atomic E-state index is 12.8. The molecule has 0 saturated heterocycles. The highest BCUT2D eigenvalue weighted by Crippen LogP contribution is 2.19. The quantitative estimate of drug-likeness (QED) is 0.485. The maximum Gasteiger partial charge on any atom is 0.344 e. The van der Waals surface area contributed by atoms with Gasteiger partial charge in [-0.3, -0.25) is 13.8 Å². The molecule has 4 aromatic rings. The molecule has 3 aromatic heterocycles. The summed E-state index contributed by atoms with van der Waals surface area (Å²) in [4.78, 5) is 24.2. The summed E-state index contributed by atoms with van der Waals surface area (Å²) in [6.45, 7) is -0.454. The molecule has 0 aliphatic rings. The molecule has 0 spiro atoms. The van der Waals surface area contributed by atoms with Gasteiger partial charge in [0.1, 0.15) is 16.3 Å². The molecule has 0 unspecified atom stereocenters. The Balaban J connectivity index is 1.50. The van der Waals surface area contributed by atoms with Crippen LogP contribution in [-0.4, -0.2) is 31.7 Å². The van der Waals surface area contributed by atoms with E-state index < -0.39 is 11.8 Å². The van der Waals surface area contributed by atoms with Gasteiger partial charge in [0, 0.05) is 7.05 Å². The van der Waals surface area contributed by atoms with Crippen molar-refractivity contribution in [3.8, 4) is 5.75 Å². The smallest absolute Gasteiger partial charge is 0.344 e. The number of thiophene rings is 1. The van der Waals surface area contributed by atoms with Crippen molar-refractivity contribution in [2.24, 2.45) is 7.05 Å². The lowest BCUT2D eigenvalue weighted by atomic mass is 10.3. The monoisotopic (exact) mass is 388 g/mol. The molecule has 0 N–H and O–H groups in total. The minimum absolute atomic E-state index is 0.129. The summed E-state index contributed by atoms with van der Waals surface area (Å²) in [5, 5.41) is 9.84. The number of aromatic nitrogens is 4. The first-order valence-corrected chi connectivity index (χ1v) is 8.77. The van der Waals surface area contributed by atoms with Crippen LogP contribution in [0.2, 0.25) is 0 Å². The van der Waals surface area contributed by atoms with Crippen molar-refractivity contribution in [3.05, 3.63) is 57.7 Å². The van der Waals surface area contributed by atoms with E-state index in [2.05, 4.69) is 10.2 Å². The number of rotatable bonds is 5. The topological polar surface area (TPSA) is 87.7 Å². The number of halogens is 1. The van der Waals surface area contributed by atoms with E-state index >= 15 is 0 Å². The van der Waals surface area contributed by atoms with Crippen molar-refractivity contribution in [3.63, 3.8) is 0 Å². The summed E-state index contributed by atoms with van der Waals surface area (Å²) < 4.78 is 26.9. The number of fused-ring (bicyclic) bond motifs is 3. The van der Waals surface area contributed by atoms with Gasteiger partial charge in [0.15, 0.2) is 19.0 Å². The number of nitrogens with zero attached hydrogens (tertiary/aromatic N) is 4. The molecule has 0 bridgehead atoms. The first-order chi connectivity index (χ1) is 13.0. The second-order valence-corrected chi connectivity index (χ2v) is 6.57. The second-order valence-electron chi connectivity index (χ2n) is 5.65. The van der Waals surface area contributed by atoms with Crippen molar-refractivity contribution in [2.45, 2.75) is 6.61 Å². The van der Waals surface area contributed by atoms with E-state index in [0.717, 1.165) is 0 Å². The van der Waals surface area contributed by atoms with Gasteiger partial charge in [0.25, 0.3) is 5.56 Å². The Bertz CT molecular complexity index is 1200. The highest BCUT2D eigenvalue weighted by molar-refractivity contribution is 7.17. The number of carbonyl (C=O) groups excluding carboxylic acids is 1. The van der Waals surface area contributed by atoms with E-state index in [-0.39, 0.29) is 18.8 Å². The molecule has 0 fully saturated rings. The third-order valence-corrected chi connectivity index (χ3v) is 4.82. The molecule has 0 atom stereocenters. The van der Waals surface area contributed by atoms with Crippen LogP contribution >= 0.6 is 11.3 Å². The zero-order chi connectivity index (χ0) is 19.0. The number of carbonyl (C=O) groups is 1. The third kappa shape index (κ3) is 3.14. The lowest BCUT2D eigenvalue weighted by molar-refractivity contribution is -0.147. The fraction of sp³-hybridized carbons (Fsp3) is 0.176. The van der Waals surface area contributed by atoms with Gasteiger partial charge >= 0.3 is 5.97 Å². The van der Waals surface area contributed by atoms with Crippen LogP contribution in [-0.2, 0) is 23.2 Å². The minimum Gasteiger partial charge on any atom is -0.482 e. The first kappa shape index (κ1) is 17.2. The Labute approximate surface area is 155 Å². The summed E-state index contributed by atoms with van der Waals surface area (Å²) in [7, 11) is 1.61. The van der Waals surface area contributed by atoms with Gasteiger partial charge < -0.3 is 9.47 Å².